The first-order chi connectivity index (χ1) is 7.80. The average Bonchev–Trinajstić information content (AvgIpc) is 2.22. The molecule has 1 nitrogen and oxygen atoms in total. The third-order valence-electron chi connectivity index (χ3n) is 3.08. The lowest BCUT2D eigenvalue weighted by atomic mass is 9.84. The molecule has 0 saturated heterocycles. The molecule has 0 radical (unpaired) electrons. The fraction of sp³-hybridized carbons (Fsp3) is 0.571. The van der Waals surface area contributed by atoms with E-state index in [0.29, 0.717) is 4.47 Å². The van der Waals surface area contributed by atoms with Crippen molar-refractivity contribution in [3.8, 4) is 0 Å². The molecule has 0 saturated carbocycles. The van der Waals surface area contributed by atoms with Gasteiger partial charge in [0.2, 0.25) is 0 Å². The lowest BCUT2D eigenvalue weighted by Gasteiger charge is -2.26. The van der Waals surface area contributed by atoms with Crippen molar-refractivity contribution in [1.29, 1.82) is 0 Å². The van der Waals surface area contributed by atoms with Gasteiger partial charge in [0.25, 0.3) is 0 Å². The first-order valence-electron chi connectivity index (χ1n) is 6.00. The molecule has 0 amide bonds. The Balaban J connectivity index is 2.44. The third kappa shape index (κ3) is 4.76. The van der Waals surface area contributed by atoms with Crippen LogP contribution in [0.1, 0.15) is 39.2 Å². The Hall–Kier alpha value is -0.410. The zero-order valence-electron chi connectivity index (χ0n) is 10.8. The van der Waals surface area contributed by atoms with Crippen molar-refractivity contribution in [1.82, 2.24) is 0 Å². The second-order valence-corrected chi connectivity index (χ2v) is 6.47. The molecule has 0 heterocycles. The fourth-order valence-electron chi connectivity index (χ4n) is 1.65. The summed E-state index contributed by atoms with van der Waals surface area (Å²) >= 11 is 3.20. The van der Waals surface area contributed by atoms with Crippen molar-refractivity contribution in [2.75, 3.05) is 0 Å². The van der Waals surface area contributed by atoms with Crippen LogP contribution in [0.4, 0.5) is 4.39 Å². The summed E-state index contributed by atoms with van der Waals surface area (Å²) in [6.07, 6.45) is 2.98. The summed E-state index contributed by atoms with van der Waals surface area (Å²) in [6.45, 7) is 6.48. The first kappa shape index (κ1) is 14.7. The van der Waals surface area contributed by atoms with Crippen LogP contribution in [0.15, 0.2) is 22.7 Å². The molecular weight excluding hydrogens is 281 g/mol. The first-order valence-corrected chi connectivity index (χ1v) is 6.79. The maximum Gasteiger partial charge on any atom is 0.137 e. The van der Waals surface area contributed by atoms with Crippen molar-refractivity contribution in [2.24, 2.45) is 11.1 Å². The summed E-state index contributed by atoms with van der Waals surface area (Å²) in [5, 5.41) is 0. The molecule has 0 bridgehead atoms. The van der Waals surface area contributed by atoms with Crippen molar-refractivity contribution < 1.29 is 4.39 Å². The molecule has 2 N–H and O–H groups in total. The van der Waals surface area contributed by atoms with E-state index in [4.69, 9.17) is 5.73 Å². The molecule has 0 aliphatic rings. The van der Waals surface area contributed by atoms with Gasteiger partial charge >= 0.3 is 0 Å². The lowest BCUT2D eigenvalue weighted by molar-refractivity contribution is 0.301. The Kier molecular flexibility index (Phi) is 5.14. The predicted octanol–water partition coefficient (Wildman–Crippen LogP) is 4.28. The number of rotatable bonds is 4. The Morgan fingerprint density at radius 2 is 2.00 bits per heavy atom. The summed E-state index contributed by atoms with van der Waals surface area (Å²) in [5.41, 5.74) is 7.41. The van der Waals surface area contributed by atoms with E-state index >= 15 is 0 Å². The molecule has 0 spiro atoms. The minimum atomic E-state index is -0.208. The molecule has 1 unspecified atom stereocenters. The van der Waals surface area contributed by atoms with Crippen molar-refractivity contribution in [3.05, 3.63) is 34.1 Å². The summed E-state index contributed by atoms with van der Waals surface area (Å²) < 4.78 is 13.6. The number of halogens is 2. The van der Waals surface area contributed by atoms with Crippen LogP contribution in [0.3, 0.4) is 0 Å². The Bertz CT molecular complexity index is 371. The van der Waals surface area contributed by atoms with E-state index < -0.39 is 0 Å². The van der Waals surface area contributed by atoms with Gasteiger partial charge in [-0.15, -0.1) is 0 Å². The van der Waals surface area contributed by atoms with Crippen LogP contribution >= 0.6 is 15.9 Å². The normalized spacial score (nSPS) is 13.8. The number of benzene rings is 1. The minimum Gasteiger partial charge on any atom is -0.327 e. The Labute approximate surface area is 112 Å². The van der Waals surface area contributed by atoms with Crippen LogP contribution in [0, 0.1) is 11.2 Å². The van der Waals surface area contributed by atoms with E-state index in [9.17, 15) is 4.39 Å². The molecule has 0 fully saturated rings. The number of hydrogen-bond donors (Lipinski definition) is 1. The number of nitrogens with two attached hydrogens (primary N) is 1. The monoisotopic (exact) mass is 301 g/mol. The summed E-state index contributed by atoms with van der Waals surface area (Å²) in [7, 11) is 0. The van der Waals surface area contributed by atoms with Gasteiger partial charge in [0, 0.05) is 6.04 Å². The molecule has 1 rings (SSSR count). The topological polar surface area (TPSA) is 26.0 Å². The van der Waals surface area contributed by atoms with E-state index in [1.54, 1.807) is 0 Å². The summed E-state index contributed by atoms with van der Waals surface area (Å²) in [5.74, 6) is -0.208. The largest absolute Gasteiger partial charge is 0.327 e. The second-order valence-electron chi connectivity index (χ2n) is 5.61. The maximum absolute atomic E-state index is 13.0. The zero-order chi connectivity index (χ0) is 13.1. The van der Waals surface area contributed by atoms with Crippen molar-refractivity contribution in [3.63, 3.8) is 0 Å². The average molecular weight is 302 g/mol. The second kappa shape index (κ2) is 5.96. The van der Waals surface area contributed by atoms with Gasteiger partial charge in [-0.1, -0.05) is 26.8 Å². The Morgan fingerprint density at radius 3 is 2.53 bits per heavy atom. The van der Waals surface area contributed by atoms with Crippen LogP contribution < -0.4 is 5.73 Å². The number of aryl methyl sites for hydroxylation is 1. The lowest BCUT2D eigenvalue weighted by Crippen LogP contribution is -2.34. The molecule has 3 heteroatoms. The van der Waals surface area contributed by atoms with E-state index in [2.05, 4.69) is 36.7 Å². The van der Waals surface area contributed by atoms with Gasteiger partial charge in [0.05, 0.1) is 4.47 Å². The molecule has 0 aliphatic carbocycles. The van der Waals surface area contributed by atoms with Crippen LogP contribution in [-0.4, -0.2) is 6.04 Å². The number of hydrogen-bond acceptors (Lipinski definition) is 1. The summed E-state index contributed by atoms with van der Waals surface area (Å²) in [4.78, 5) is 0. The summed E-state index contributed by atoms with van der Waals surface area (Å²) in [6, 6.07) is 5.40. The van der Waals surface area contributed by atoms with E-state index in [-0.39, 0.29) is 17.3 Å². The van der Waals surface area contributed by atoms with Gasteiger partial charge < -0.3 is 5.73 Å². The fourth-order valence-corrected chi connectivity index (χ4v) is 2.08. The smallest absolute Gasteiger partial charge is 0.137 e. The van der Waals surface area contributed by atoms with Crippen molar-refractivity contribution in [2.45, 2.75) is 46.1 Å². The molecular formula is C14H21BrFN. The SMILES string of the molecule is CC(C)(C)C(N)CCCc1ccc(F)c(Br)c1. The maximum atomic E-state index is 13.0. The highest BCUT2D eigenvalue weighted by atomic mass is 79.9. The van der Waals surface area contributed by atoms with E-state index in [1.807, 2.05) is 12.1 Å². The molecule has 1 aromatic rings. The zero-order valence-corrected chi connectivity index (χ0v) is 12.3. The molecule has 0 aliphatic heterocycles. The molecule has 0 aromatic heterocycles. The van der Waals surface area contributed by atoms with E-state index in [1.165, 1.54) is 6.07 Å². The van der Waals surface area contributed by atoms with Gasteiger partial charge in [-0.05, 0) is 58.3 Å². The highest BCUT2D eigenvalue weighted by Crippen LogP contribution is 2.22. The van der Waals surface area contributed by atoms with Crippen LogP contribution in [-0.2, 0) is 6.42 Å². The van der Waals surface area contributed by atoms with Gasteiger partial charge in [0.1, 0.15) is 5.82 Å². The Morgan fingerprint density at radius 1 is 1.35 bits per heavy atom. The molecule has 96 valence electrons. The third-order valence-corrected chi connectivity index (χ3v) is 3.68. The van der Waals surface area contributed by atoms with Crippen LogP contribution in [0.5, 0.6) is 0 Å². The van der Waals surface area contributed by atoms with Gasteiger partial charge in [0.15, 0.2) is 0 Å². The van der Waals surface area contributed by atoms with Crippen molar-refractivity contribution >= 4 is 15.9 Å². The highest BCUT2D eigenvalue weighted by molar-refractivity contribution is 9.10. The highest BCUT2D eigenvalue weighted by Gasteiger charge is 2.19. The molecule has 17 heavy (non-hydrogen) atoms. The van der Waals surface area contributed by atoms with Gasteiger partial charge in [-0.25, -0.2) is 4.39 Å². The van der Waals surface area contributed by atoms with Gasteiger partial charge in [-0.2, -0.15) is 0 Å². The standard InChI is InChI=1S/C14H21BrFN/c1-14(2,3)13(17)6-4-5-10-7-8-12(16)11(15)9-10/h7-9,13H,4-6,17H2,1-3H3. The quantitative estimate of drug-likeness (QED) is 0.882. The van der Waals surface area contributed by atoms with E-state index in [0.717, 1.165) is 24.8 Å². The predicted molar refractivity (Wildman–Crippen MR) is 74.5 cm³/mol. The van der Waals surface area contributed by atoms with Gasteiger partial charge in [-0.3, -0.25) is 0 Å². The van der Waals surface area contributed by atoms with Crippen LogP contribution in [0.2, 0.25) is 0 Å². The minimum absolute atomic E-state index is 0.156. The molecule has 1 aromatic carbocycles. The van der Waals surface area contributed by atoms with Crippen LogP contribution in [0.25, 0.3) is 0 Å². The molecule has 1 atom stereocenters.